The zero-order chi connectivity index (χ0) is 35.6. The summed E-state index contributed by atoms with van der Waals surface area (Å²) in [7, 11) is 0. The van der Waals surface area contributed by atoms with Gasteiger partial charge in [0.2, 0.25) is 0 Å². The van der Waals surface area contributed by atoms with Gasteiger partial charge in [-0.1, -0.05) is 107 Å². The average Bonchev–Trinajstić information content (AvgIpc) is 3.68. The van der Waals surface area contributed by atoms with Crippen LogP contribution in [0.2, 0.25) is 0 Å². The average molecular weight is 783 g/mol. The van der Waals surface area contributed by atoms with Crippen molar-refractivity contribution in [2.45, 2.75) is 114 Å². The van der Waals surface area contributed by atoms with Crippen molar-refractivity contribution in [1.82, 2.24) is 0 Å². The second-order valence-electron chi connectivity index (χ2n) is 17.6. The van der Waals surface area contributed by atoms with E-state index >= 15 is 0 Å². The largest absolute Gasteiger partial charge is 1.00 e. The summed E-state index contributed by atoms with van der Waals surface area (Å²) in [4.78, 5) is 0. The normalized spacial score (nSPS) is 15.7. The number of fused-ring (bicyclic) bond motifs is 5. The van der Waals surface area contributed by atoms with Crippen LogP contribution in [0.5, 0.6) is 0 Å². The molecule has 0 spiro atoms. The van der Waals surface area contributed by atoms with Gasteiger partial charge in [-0.05, 0) is 62.3 Å². The molecule has 3 aliphatic carbocycles. The zero-order valence-electron chi connectivity index (χ0n) is 32.9. The Morgan fingerprint density at radius 3 is 1.68 bits per heavy atom. The molecule has 0 saturated carbocycles. The molecule has 4 aromatic carbocycles. The van der Waals surface area contributed by atoms with Crippen molar-refractivity contribution >= 4 is 14.4 Å². The molecule has 50 heavy (non-hydrogen) atoms. The summed E-state index contributed by atoms with van der Waals surface area (Å²) in [6.45, 7) is 31.8. The Hall–Kier alpha value is -2.18. The molecule has 0 nitrogen and oxygen atoms in total. The van der Waals surface area contributed by atoms with Gasteiger partial charge in [0, 0.05) is 5.41 Å². The molecular formula is C47H56Cl2Zr-2. The van der Waals surface area contributed by atoms with Crippen LogP contribution in [0.1, 0.15) is 132 Å². The smallest absolute Gasteiger partial charge is 0.0635 e. The summed E-state index contributed by atoms with van der Waals surface area (Å²) in [5, 5.41) is 0. The van der Waals surface area contributed by atoms with E-state index in [9.17, 15) is 0 Å². The molecule has 0 N–H and O–H groups in total. The van der Waals surface area contributed by atoms with Crippen LogP contribution in [0.25, 0.3) is 22.3 Å². The van der Waals surface area contributed by atoms with Crippen molar-refractivity contribution in [3.8, 4) is 11.1 Å². The van der Waals surface area contributed by atoms with E-state index in [2.05, 4.69) is 176 Å². The van der Waals surface area contributed by atoms with Crippen molar-refractivity contribution in [2.75, 3.05) is 0 Å². The fourth-order valence-corrected chi connectivity index (χ4v) is 7.88. The molecule has 0 fully saturated rings. The molecule has 3 heteroatoms. The maximum atomic E-state index is 3.85. The topological polar surface area (TPSA) is 0 Å². The molecule has 264 valence electrons. The minimum atomic E-state index is -0.0202. The molecular weight excluding hydrogens is 727 g/mol. The molecule has 0 heterocycles. The molecule has 0 saturated heterocycles. The van der Waals surface area contributed by atoms with Gasteiger partial charge in [-0.25, -0.2) is 17.2 Å². The second-order valence-corrected chi connectivity index (χ2v) is 19.5. The van der Waals surface area contributed by atoms with Crippen LogP contribution >= 0.6 is 0 Å². The third kappa shape index (κ3) is 8.71. The molecule has 0 aromatic heterocycles. The zero-order valence-corrected chi connectivity index (χ0v) is 36.9. The van der Waals surface area contributed by atoms with Crippen LogP contribution in [0.4, 0.5) is 0 Å². The van der Waals surface area contributed by atoms with E-state index in [1.807, 2.05) is 0 Å². The van der Waals surface area contributed by atoms with Crippen molar-refractivity contribution in [1.29, 1.82) is 0 Å². The van der Waals surface area contributed by atoms with Crippen molar-refractivity contribution in [3.05, 3.63) is 135 Å². The van der Waals surface area contributed by atoms with E-state index < -0.39 is 0 Å². The number of hydrogen-bond acceptors (Lipinski definition) is 0. The molecule has 0 bridgehead atoms. The van der Waals surface area contributed by atoms with Gasteiger partial charge < -0.3 is 24.8 Å². The van der Waals surface area contributed by atoms with Crippen molar-refractivity contribution < 1.29 is 49.0 Å². The molecule has 4 aromatic rings. The summed E-state index contributed by atoms with van der Waals surface area (Å²) < 4.78 is 1.46. The van der Waals surface area contributed by atoms with Crippen LogP contribution < -0.4 is 24.8 Å². The molecule has 7 rings (SSSR count). The van der Waals surface area contributed by atoms with E-state index in [0.29, 0.717) is 0 Å². The number of benzene rings is 3. The third-order valence-electron chi connectivity index (χ3n) is 10.1. The van der Waals surface area contributed by atoms with Gasteiger partial charge in [-0.3, -0.25) is 6.08 Å². The van der Waals surface area contributed by atoms with E-state index in [4.69, 9.17) is 0 Å². The van der Waals surface area contributed by atoms with Gasteiger partial charge in [-0.2, -0.15) is 23.3 Å². The van der Waals surface area contributed by atoms with Gasteiger partial charge in [0.1, 0.15) is 0 Å². The molecule has 0 unspecified atom stereocenters. The minimum absolute atomic E-state index is 0. The monoisotopic (exact) mass is 780 g/mol. The Labute approximate surface area is 331 Å². The number of rotatable bonds is 1. The maximum absolute atomic E-state index is 3.85. The maximum Gasteiger partial charge on any atom is -0.0635 e. The first-order valence-electron chi connectivity index (χ1n) is 17.7. The predicted octanol–water partition coefficient (Wildman–Crippen LogP) is 6.61. The van der Waals surface area contributed by atoms with Crippen molar-refractivity contribution in [2.24, 2.45) is 10.8 Å². The van der Waals surface area contributed by atoms with Gasteiger partial charge >= 0.3 is 76.7 Å². The van der Waals surface area contributed by atoms with Crippen molar-refractivity contribution in [3.63, 3.8) is 0 Å². The van der Waals surface area contributed by atoms with E-state index in [-0.39, 0.29) is 46.5 Å². The van der Waals surface area contributed by atoms with Crippen LogP contribution in [-0.4, -0.2) is 3.21 Å². The Bertz CT molecular complexity index is 1830. The fraction of sp³-hybridized carbons (Fsp3) is 0.404. The summed E-state index contributed by atoms with van der Waals surface area (Å²) in [6.07, 6.45) is 7.41. The van der Waals surface area contributed by atoms with E-state index in [1.165, 1.54) is 105 Å². The minimum Gasteiger partial charge on any atom is -1.00 e. The number of hydrogen-bond donors (Lipinski definition) is 0. The number of allylic oxidation sites excluding steroid dienone is 4. The predicted molar refractivity (Wildman–Crippen MR) is 207 cm³/mol. The molecule has 3 aliphatic rings. The fourth-order valence-electron chi connectivity index (χ4n) is 7.47. The quantitative estimate of drug-likeness (QED) is 0.168. The van der Waals surface area contributed by atoms with Crippen LogP contribution in [0.3, 0.4) is 0 Å². The first-order valence-corrected chi connectivity index (χ1v) is 18.9. The Morgan fingerprint density at radius 2 is 1.24 bits per heavy atom. The number of aryl methyl sites for hydroxylation is 3. The standard InChI is InChI=1S/C31H37.C9H10.C7H9.2ClH.Zr/c1-28(2,3)26-16-30(7,8)24-12-18-11-19-13-25-23(15-21(19)20(18)14-22(24)26)27(29(4,5)6)17-31(25,9)10;1-3-9-6-4-8(2)5-7-9;1-6-3-4-7(2)5-6;;;/h12-16H,11H2,1-10H3;4-7H,1-2H3;3-5H,1-2H3;2*1H;/q-1;;-1;;;+2/p-2. The Balaban J connectivity index is 0.000000293. The van der Waals surface area contributed by atoms with E-state index in [1.54, 1.807) is 0 Å². The molecule has 0 radical (unpaired) electrons. The number of halogens is 2. The molecule has 0 aliphatic heterocycles. The van der Waals surface area contributed by atoms with Gasteiger partial charge in [0.25, 0.3) is 0 Å². The second kappa shape index (κ2) is 15.1. The molecule has 0 atom stereocenters. The Kier molecular flexibility index (Phi) is 12.7. The summed E-state index contributed by atoms with van der Waals surface area (Å²) in [5.74, 6) is 0. The van der Waals surface area contributed by atoms with Gasteiger partial charge in [0.15, 0.2) is 0 Å². The first-order chi connectivity index (χ1) is 22.1. The van der Waals surface area contributed by atoms with Crippen LogP contribution in [-0.2, 0) is 41.5 Å². The summed E-state index contributed by atoms with van der Waals surface area (Å²) >= 11 is 1.51. The van der Waals surface area contributed by atoms with Crippen LogP contribution in [0.15, 0.2) is 72.8 Å². The summed E-state index contributed by atoms with van der Waals surface area (Å²) in [6, 6.07) is 25.1. The molecule has 0 amide bonds. The van der Waals surface area contributed by atoms with E-state index in [0.717, 1.165) is 6.42 Å². The van der Waals surface area contributed by atoms with Gasteiger partial charge in [-0.15, -0.1) is 11.6 Å². The third-order valence-corrected chi connectivity index (χ3v) is 10.8. The first kappa shape index (κ1) is 42.2. The van der Waals surface area contributed by atoms with Gasteiger partial charge in [0.05, 0.1) is 0 Å². The van der Waals surface area contributed by atoms with Crippen LogP contribution in [0, 0.1) is 37.7 Å². The Morgan fingerprint density at radius 1 is 0.700 bits per heavy atom. The summed E-state index contributed by atoms with van der Waals surface area (Å²) in [5.41, 5.74) is 20.3. The SMILES string of the molecule is CC(C)(C)C1=[C-]C(C)(C)c2cc3c(cc21)-c1cc2c(cc1C3)C(C)(C)C=C2C(C)(C)C.C[C](=[Zr+2])c1ccc(C)cc1.Cc1c[cH-]c(C)c1.[Cl-].[Cl-].